The van der Waals surface area contributed by atoms with E-state index in [1.807, 2.05) is 54.7 Å². The third kappa shape index (κ3) is 3.36. The van der Waals surface area contributed by atoms with Crippen molar-refractivity contribution in [1.82, 2.24) is 19.6 Å². The zero-order valence-electron chi connectivity index (χ0n) is 14.0. The van der Waals surface area contributed by atoms with Crippen LogP contribution in [-0.2, 0) is 4.79 Å². The molecule has 0 fully saturated rings. The van der Waals surface area contributed by atoms with Crippen LogP contribution in [0.4, 0.5) is 17.3 Å². The number of aromatic nitrogens is 4. The Morgan fingerprint density at radius 3 is 2.73 bits per heavy atom. The van der Waals surface area contributed by atoms with Crippen molar-refractivity contribution in [2.24, 2.45) is 0 Å². The molecule has 0 unspecified atom stereocenters. The van der Waals surface area contributed by atoms with Crippen molar-refractivity contribution >= 4 is 28.9 Å². The molecule has 4 rings (SSSR count). The van der Waals surface area contributed by atoms with Gasteiger partial charge < -0.3 is 10.6 Å². The van der Waals surface area contributed by atoms with Crippen LogP contribution >= 0.6 is 0 Å². The molecule has 1 aromatic carbocycles. The number of carbonyl (C=O) groups excluding carboxylic acids is 1. The fourth-order valence-corrected chi connectivity index (χ4v) is 2.65. The molecule has 1 amide bonds. The summed E-state index contributed by atoms with van der Waals surface area (Å²) in [5, 5.41) is 10.4. The van der Waals surface area contributed by atoms with E-state index in [0.29, 0.717) is 5.95 Å². The van der Waals surface area contributed by atoms with Crippen LogP contribution in [0, 0.1) is 0 Å². The molecule has 128 valence electrons. The number of nitrogens with zero attached hydrogens (tertiary/aromatic N) is 4. The molecule has 0 aliphatic rings. The number of amides is 1. The summed E-state index contributed by atoms with van der Waals surface area (Å²) in [6.45, 7) is 1.49. The van der Waals surface area contributed by atoms with Gasteiger partial charge in [-0.2, -0.15) is 4.98 Å². The van der Waals surface area contributed by atoms with Crippen molar-refractivity contribution < 1.29 is 4.79 Å². The van der Waals surface area contributed by atoms with Crippen LogP contribution in [0.25, 0.3) is 16.8 Å². The highest BCUT2D eigenvalue weighted by molar-refractivity contribution is 5.89. The Labute approximate surface area is 149 Å². The van der Waals surface area contributed by atoms with Crippen molar-refractivity contribution in [2.75, 3.05) is 10.6 Å². The third-order valence-corrected chi connectivity index (χ3v) is 3.76. The molecule has 0 aliphatic carbocycles. The van der Waals surface area contributed by atoms with Gasteiger partial charge in [-0.3, -0.25) is 9.78 Å². The molecular formula is C19H16N6O. The van der Waals surface area contributed by atoms with E-state index in [0.717, 1.165) is 28.1 Å². The van der Waals surface area contributed by atoms with Crippen molar-refractivity contribution in [2.45, 2.75) is 6.92 Å². The van der Waals surface area contributed by atoms with Crippen molar-refractivity contribution in [3.8, 4) is 11.1 Å². The smallest absolute Gasteiger partial charge is 0.247 e. The summed E-state index contributed by atoms with van der Waals surface area (Å²) in [6, 6.07) is 15.3. The van der Waals surface area contributed by atoms with Gasteiger partial charge in [-0.25, -0.2) is 4.52 Å². The van der Waals surface area contributed by atoms with Gasteiger partial charge in [0, 0.05) is 30.6 Å². The summed E-state index contributed by atoms with van der Waals surface area (Å²) in [5.74, 6) is 0.405. The predicted octanol–water partition coefficient (Wildman–Crippen LogP) is 3.49. The van der Waals surface area contributed by atoms with Gasteiger partial charge in [0.05, 0.1) is 11.9 Å². The Balaban J connectivity index is 1.64. The van der Waals surface area contributed by atoms with E-state index < -0.39 is 0 Å². The Kier molecular flexibility index (Phi) is 4.03. The minimum atomic E-state index is -0.0972. The summed E-state index contributed by atoms with van der Waals surface area (Å²) in [6.07, 6.45) is 5.33. The molecule has 4 aromatic rings. The third-order valence-electron chi connectivity index (χ3n) is 3.76. The SMILES string of the molecule is CC(=O)Nc1cccc(-c2ccc3nc(Nc4cccnc4)nn3c2)c1. The highest BCUT2D eigenvalue weighted by atomic mass is 16.1. The van der Waals surface area contributed by atoms with E-state index in [9.17, 15) is 4.79 Å². The van der Waals surface area contributed by atoms with Gasteiger partial charge in [-0.15, -0.1) is 5.10 Å². The number of benzene rings is 1. The highest BCUT2D eigenvalue weighted by Crippen LogP contribution is 2.23. The average molecular weight is 344 g/mol. The zero-order valence-corrected chi connectivity index (χ0v) is 14.0. The second kappa shape index (κ2) is 6.64. The standard InChI is InChI=1S/C19H16N6O/c1-13(26)21-16-5-2-4-14(10-16)15-7-8-18-23-19(24-25(18)12-15)22-17-6-3-9-20-11-17/h2-12H,1H3,(H,21,26)(H,22,24). The molecule has 0 spiro atoms. The Morgan fingerprint density at radius 1 is 1.04 bits per heavy atom. The van der Waals surface area contributed by atoms with Gasteiger partial charge in [0.25, 0.3) is 0 Å². The minimum absolute atomic E-state index is 0.0972. The maximum Gasteiger partial charge on any atom is 0.247 e. The van der Waals surface area contributed by atoms with E-state index >= 15 is 0 Å². The number of hydrogen-bond donors (Lipinski definition) is 2. The quantitative estimate of drug-likeness (QED) is 0.592. The van der Waals surface area contributed by atoms with Gasteiger partial charge in [0.2, 0.25) is 11.9 Å². The van der Waals surface area contributed by atoms with Crippen LogP contribution in [-0.4, -0.2) is 25.5 Å². The Hall–Kier alpha value is -3.74. The highest BCUT2D eigenvalue weighted by Gasteiger charge is 2.07. The zero-order chi connectivity index (χ0) is 17.9. The molecule has 0 saturated heterocycles. The number of hydrogen-bond acceptors (Lipinski definition) is 5. The van der Waals surface area contributed by atoms with Crippen LogP contribution in [0.3, 0.4) is 0 Å². The van der Waals surface area contributed by atoms with Gasteiger partial charge in [-0.05, 0) is 42.0 Å². The summed E-state index contributed by atoms with van der Waals surface area (Å²) >= 11 is 0. The molecule has 0 aliphatic heterocycles. The number of pyridine rings is 2. The van der Waals surface area contributed by atoms with Crippen molar-refractivity contribution in [3.63, 3.8) is 0 Å². The van der Waals surface area contributed by atoms with E-state index in [4.69, 9.17) is 0 Å². The molecule has 7 heteroatoms. The van der Waals surface area contributed by atoms with Gasteiger partial charge in [0.15, 0.2) is 5.65 Å². The lowest BCUT2D eigenvalue weighted by Gasteiger charge is -2.06. The lowest BCUT2D eigenvalue weighted by Crippen LogP contribution is -2.05. The first-order valence-electron chi connectivity index (χ1n) is 8.09. The van der Waals surface area contributed by atoms with E-state index in [1.54, 1.807) is 16.9 Å². The molecule has 26 heavy (non-hydrogen) atoms. The van der Waals surface area contributed by atoms with Crippen molar-refractivity contribution in [1.29, 1.82) is 0 Å². The molecule has 0 bridgehead atoms. The fourth-order valence-electron chi connectivity index (χ4n) is 2.65. The molecule has 7 nitrogen and oxygen atoms in total. The Bertz CT molecular complexity index is 1070. The fraction of sp³-hybridized carbons (Fsp3) is 0.0526. The van der Waals surface area contributed by atoms with E-state index in [-0.39, 0.29) is 5.91 Å². The number of anilines is 3. The predicted molar refractivity (Wildman–Crippen MR) is 100 cm³/mol. The molecule has 0 atom stereocenters. The average Bonchev–Trinajstić information content (AvgIpc) is 3.03. The number of nitrogens with one attached hydrogen (secondary N) is 2. The summed E-state index contributed by atoms with van der Waals surface area (Å²) in [7, 11) is 0. The maximum atomic E-state index is 11.2. The van der Waals surface area contributed by atoms with E-state index in [1.165, 1.54) is 6.92 Å². The summed E-state index contributed by atoms with van der Waals surface area (Å²) in [4.78, 5) is 19.8. The first-order valence-corrected chi connectivity index (χ1v) is 8.09. The largest absolute Gasteiger partial charge is 0.326 e. The monoisotopic (exact) mass is 344 g/mol. The maximum absolute atomic E-state index is 11.2. The van der Waals surface area contributed by atoms with Crippen LogP contribution in [0.5, 0.6) is 0 Å². The van der Waals surface area contributed by atoms with Crippen LogP contribution in [0.15, 0.2) is 67.1 Å². The van der Waals surface area contributed by atoms with Gasteiger partial charge in [0.1, 0.15) is 0 Å². The minimum Gasteiger partial charge on any atom is -0.326 e. The number of carbonyl (C=O) groups is 1. The first kappa shape index (κ1) is 15.8. The summed E-state index contributed by atoms with van der Waals surface area (Å²) < 4.78 is 1.72. The molecule has 2 N–H and O–H groups in total. The molecular weight excluding hydrogens is 328 g/mol. The number of rotatable bonds is 4. The first-order chi connectivity index (χ1) is 12.7. The Morgan fingerprint density at radius 2 is 1.92 bits per heavy atom. The van der Waals surface area contributed by atoms with Crippen LogP contribution in [0.1, 0.15) is 6.92 Å². The van der Waals surface area contributed by atoms with Gasteiger partial charge >= 0.3 is 0 Å². The second-order valence-corrected chi connectivity index (χ2v) is 5.78. The van der Waals surface area contributed by atoms with Crippen LogP contribution in [0.2, 0.25) is 0 Å². The van der Waals surface area contributed by atoms with E-state index in [2.05, 4.69) is 25.7 Å². The lowest BCUT2D eigenvalue weighted by atomic mass is 10.1. The molecule has 3 heterocycles. The normalized spacial score (nSPS) is 10.7. The summed E-state index contributed by atoms with van der Waals surface area (Å²) in [5.41, 5.74) is 4.27. The van der Waals surface area contributed by atoms with Gasteiger partial charge in [-0.1, -0.05) is 12.1 Å². The van der Waals surface area contributed by atoms with Crippen LogP contribution < -0.4 is 10.6 Å². The molecule has 3 aromatic heterocycles. The lowest BCUT2D eigenvalue weighted by molar-refractivity contribution is -0.114. The molecule has 0 saturated carbocycles. The van der Waals surface area contributed by atoms with Crippen molar-refractivity contribution in [3.05, 3.63) is 67.1 Å². The second-order valence-electron chi connectivity index (χ2n) is 5.78. The number of fused-ring (bicyclic) bond motifs is 1. The topological polar surface area (TPSA) is 84.2 Å². The molecule has 0 radical (unpaired) electrons.